The monoisotopic (exact) mass is 934 g/mol. The molecule has 0 aromatic heterocycles. The fourth-order valence-electron chi connectivity index (χ4n) is 15.3. The van der Waals surface area contributed by atoms with E-state index in [1.165, 1.54) is 66.6 Å². The predicted molar refractivity (Wildman–Crippen MR) is 306 cm³/mol. The molecule has 0 atom stereocenters. The van der Waals surface area contributed by atoms with Gasteiger partial charge < -0.3 is 9.80 Å². The Balaban J connectivity index is 1.25. The van der Waals surface area contributed by atoms with E-state index < -0.39 is 6.85 Å². The van der Waals surface area contributed by atoms with Crippen LogP contribution in [0.25, 0.3) is 11.1 Å². The molecular weight excluding hydrogens is 856 g/mol. The van der Waals surface area contributed by atoms with E-state index in [0.29, 0.717) is 5.56 Å². The first kappa shape index (κ1) is 42.8. The molecule has 7 aromatic carbocycles. The van der Waals surface area contributed by atoms with Crippen molar-refractivity contribution in [1.82, 2.24) is 0 Å². The summed E-state index contributed by atoms with van der Waals surface area (Å²) in [7, 11) is 0. The van der Waals surface area contributed by atoms with Crippen molar-refractivity contribution in [2.75, 3.05) is 9.80 Å². The van der Waals surface area contributed by atoms with Gasteiger partial charge in [0, 0.05) is 48.9 Å². The van der Waals surface area contributed by atoms with Gasteiger partial charge in [0.1, 0.15) is 0 Å². The van der Waals surface area contributed by atoms with Crippen LogP contribution in [0.3, 0.4) is 0 Å². The van der Waals surface area contributed by atoms with Gasteiger partial charge in [-0.2, -0.15) is 0 Å². The minimum Gasteiger partial charge on any atom is -0.311 e. The van der Waals surface area contributed by atoms with E-state index in [9.17, 15) is 4.11 Å². The SMILES string of the molecule is [2H]C([2H])([2H])c1cc2c3c(c1)N(c1ccc(C(C)(C)C)cc1-c1ccccc1)c1cc4c(cc1B3c1cc3c(cc1N2c1cc2c(cc1C)C(C)(C)c1ccccc1C2(C)C)C(C)(C)CC3(C)C)C(C)(C)CC4(C)C. The molecule has 0 fully saturated rings. The van der Waals surface area contributed by atoms with Crippen molar-refractivity contribution in [2.24, 2.45) is 0 Å². The number of rotatable bonds is 3. The molecule has 0 spiro atoms. The summed E-state index contributed by atoms with van der Waals surface area (Å²) >= 11 is 0. The predicted octanol–water partition coefficient (Wildman–Crippen LogP) is 16.2. The van der Waals surface area contributed by atoms with E-state index in [0.717, 1.165) is 63.6 Å². The van der Waals surface area contributed by atoms with Crippen molar-refractivity contribution in [3.8, 4) is 11.1 Å². The maximum Gasteiger partial charge on any atom is 0.252 e. The zero-order valence-corrected chi connectivity index (χ0v) is 45.4. The maximum absolute atomic E-state index is 9.36. The summed E-state index contributed by atoms with van der Waals surface area (Å²) in [4.78, 5) is 5.01. The van der Waals surface area contributed by atoms with Crippen molar-refractivity contribution in [3.05, 3.63) is 183 Å². The Morgan fingerprint density at radius 1 is 0.451 bits per heavy atom. The third-order valence-electron chi connectivity index (χ3n) is 18.4. The Bertz CT molecular complexity index is 3560. The van der Waals surface area contributed by atoms with Crippen molar-refractivity contribution >= 4 is 57.2 Å². The highest BCUT2D eigenvalue weighted by Crippen LogP contribution is 2.57. The molecule has 0 N–H and O–H groups in total. The van der Waals surface area contributed by atoms with Crippen molar-refractivity contribution in [2.45, 2.75) is 168 Å². The van der Waals surface area contributed by atoms with Gasteiger partial charge in [0.2, 0.25) is 0 Å². The molecule has 3 aliphatic carbocycles. The number of nitrogens with zero attached hydrogens (tertiary/aromatic N) is 2. The second-order valence-corrected chi connectivity index (χ2v) is 27.2. The number of hydrogen-bond acceptors (Lipinski definition) is 2. The van der Waals surface area contributed by atoms with Gasteiger partial charge in [0.15, 0.2) is 0 Å². The average Bonchev–Trinajstić information content (AvgIpc) is 3.69. The first-order chi connectivity index (χ1) is 34.3. The number of fused-ring (bicyclic) bond motifs is 8. The summed E-state index contributed by atoms with van der Waals surface area (Å²) in [5.74, 6) is 0. The Kier molecular flexibility index (Phi) is 8.72. The molecule has 0 unspecified atom stereocenters. The van der Waals surface area contributed by atoms with Crippen molar-refractivity contribution in [3.63, 3.8) is 0 Å². The second kappa shape index (κ2) is 14.5. The van der Waals surface area contributed by atoms with Gasteiger partial charge in [-0.15, -0.1) is 0 Å². The van der Waals surface area contributed by atoms with Crippen LogP contribution >= 0.6 is 0 Å². The molecule has 7 aromatic rings. The van der Waals surface area contributed by atoms with E-state index >= 15 is 0 Å². The van der Waals surface area contributed by atoms with Gasteiger partial charge >= 0.3 is 0 Å². The van der Waals surface area contributed by atoms with E-state index in [-0.39, 0.29) is 44.6 Å². The molecule has 2 aliphatic heterocycles. The first-order valence-corrected chi connectivity index (χ1v) is 26.5. The lowest BCUT2D eigenvalue weighted by molar-refractivity contribution is 0.403. The van der Waals surface area contributed by atoms with Crippen LogP contribution in [0.4, 0.5) is 34.1 Å². The fraction of sp³-hybridized carbons (Fsp3) is 0.382. The minimum absolute atomic E-state index is 0.0511. The smallest absolute Gasteiger partial charge is 0.252 e. The molecule has 71 heavy (non-hydrogen) atoms. The molecule has 360 valence electrons. The fourth-order valence-corrected chi connectivity index (χ4v) is 15.3. The zero-order valence-electron chi connectivity index (χ0n) is 48.4. The Morgan fingerprint density at radius 3 is 1.39 bits per heavy atom. The van der Waals surface area contributed by atoms with Crippen molar-refractivity contribution < 1.29 is 4.11 Å². The van der Waals surface area contributed by atoms with Gasteiger partial charge in [-0.1, -0.05) is 183 Å². The Hall–Kier alpha value is -5.80. The average molecular weight is 934 g/mol. The molecule has 12 rings (SSSR count). The summed E-state index contributed by atoms with van der Waals surface area (Å²) in [5.41, 5.74) is 25.2. The lowest BCUT2D eigenvalue weighted by atomic mass is 9.33. The molecule has 2 heterocycles. The van der Waals surface area contributed by atoms with E-state index in [1.807, 2.05) is 6.07 Å². The molecule has 0 saturated carbocycles. The van der Waals surface area contributed by atoms with Crippen LogP contribution in [0.1, 0.15) is 182 Å². The topological polar surface area (TPSA) is 6.48 Å². The first-order valence-electron chi connectivity index (χ1n) is 28.0. The van der Waals surface area contributed by atoms with Gasteiger partial charge in [0.05, 0.1) is 5.69 Å². The largest absolute Gasteiger partial charge is 0.311 e. The molecule has 0 saturated heterocycles. The lowest BCUT2D eigenvalue weighted by Crippen LogP contribution is -2.62. The summed E-state index contributed by atoms with van der Waals surface area (Å²) in [6, 6.07) is 46.2. The Morgan fingerprint density at radius 2 is 0.901 bits per heavy atom. The van der Waals surface area contributed by atoms with Crippen LogP contribution in [0, 0.1) is 13.8 Å². The van der Waals surface area contributed by atoms with Crippen LogP contribution in [0.5, 0.6) is 0 Å². The van der Waals surface area contributed by atoms with Crippen LogP contribution in [-0.4, -0.2) is 6.71 Å². The highest BCUT2D eigenvalue weighted by atomic mass is 15.2. The highest BCUT2D eigenvalue weighted by Gasteiger charge is 2.51. The highest BCUT2D eigenvalue weighted by molar-refractivity contribution is 7.00. The van der Waals surface area contributed by atoms with Gasteiger partial charge in [0.25, 0.3) is 6.71 Å². The van der Waals surface area contributed by atoms with Gasteiger partial charge in [-0.3, -0.25) is 0 Å². The molecule has 3 heteroatoms. The van der Waals surface area contributed by atoms with E-state index in [2.05, 4.69) is 236 Å². The third-order valence-corrected chi connectivity index (χ3v) is 18.4. The zero-order chi connectivity index (χ0) is 53.0. The molecule has 0 radical (unpaired) electrons. The van der Waals surface area contributed by atoms with E-state index in [1.54, 1.807) is 0 Å². The summed E-state index contributed by atoms with van der Waals surface area (Å²) in [5, 5.41) is 0. The summed E-state index contributed by atoms with van der Waals surface area (Å²) in [6.07, 6.45) is 2.08. The number of anilines is 6. The molecular formula is C68H75BN2. The van der Waals surface area contributed by atoms with Crippen molar-refractivity contribution in [1.29, 1.82) is 0 Å². The molecule has 0 amide bonds. The molecule has 5 aliphatic rings. The summed E-state index contributed by atoms with van der Waals surface area (Å²) in [6.45, 7) is 35.5. The third kappa shape index (κ3) is 6.45. The molecule has 0 bridgehead atoms. The van der Waals surface area contributed by atoms with Gasteiger partial charge in [-0.05, 0) is 179 Å². The van der Waals surface area contributed by atoms with Crippen LogP contribution in [0.15, 0.2) is 121 Å². The Labute approximate surface area is 431 Å². The molecule has 2 nitrogen and oxygen atoms in total. The number of aryl methyl sites for hydroxylation is 2. The van der Waals surface area contributed by atoms with E-state index in [4.69, 9.17) is 0 Å². The van der Waals surface area contributed by atoms with Crippen LogP contribution in [0.2, 0.25) is 0 Å². The summed E-state index contributed by atoms with van der Waals surface area (Å²) < 4.78 is 28.1. The quantitative estimate of drug-likeness (QED) is 0.163. The van der Waals surface area contributed by atoms with Crippen LogP contribution in [-0.2, 0) is 37.9 Å². The standard InChI is InChI=1S/C68H75BN2/c1-40-29-59-61-60(30-40)71(56-37-52-51(31-41(56)2)67(14,15)45-25-21-22-26-46(45)68(52,16)17)58-36-50-48(64(8,9)39-66(50,12)13)34-54(58)69(61)53-33-47-49(65(10,11)38-63(47,6)7)35-57(53)70(59)55-28-27-43(62(3,4)5)32-44(55)42-23-19-18-20-24-42/h18-37H,38-39H2,1-17H3/i1D3. The number of benzene rings is 7. The lowest BCUT2D eigenvalue weighted by Gasteiger charge is -2.47. The number of hydrogen-bond donors (Lipinski definition) is 0. The minimum atomic E-state index is -2.40. The second-order valence-electron chi connectivity index (χ2n) is 27.2. The van der Waals surface area contributed by atoms with Gasteiger partial charge in [-0.25, -0.2) is 0 Å². The van der Waals surface area contributed by atoms with Crippen LogP contribution < -0.4 is 26.2 Å². The maximum atomic E-state index is 9.36. The normalized spacial score (nSPS) is 20.3.